The lowest BCUT2D eigenvalue weighted by atomic mass is 9.94. The van der Waals surface area contributed by atoms with Gasteiger partial charge < -0.3 is 5.32 Å². The van der Waals surface area contributed by atoms with Crippen molar-refractivity contribution in [3.8, 4) is 6.07 Å². The Kier molecular flexibility index (Phi) is 5.40. The van der Waals surface area contributed by atoms with E-state index in [4.69, 9.17) is 5.26 Å². The van der Waals surface area contributed by atoms with Crippen molar-refractivity contribution in [3.63, 3.8) is 0 Å². The smallest absolute Gasteiger partial charge is 0.337 e. The highest BCUT2D eigenvalue weighted by Gasteiger charge is 2.42. The monoisotopic (exact) mass is 338 g/mol. The number of hydrogen-bond donors (Lipinski definition) is 1. The fourth-order valence-corrected chi connectivity index (χ4v) is 2.83. The van der Waals surface area contributed by atoms with Crippen LogP contribution < -0.4 is 5.32 Å². The van der Waals surface area contributed by atoms with Crippen LogP contribution in [0.2, 0.25) is 0 Å². The molecule has 0 aliphatic rings. The first-order valence-corrected chi connectivity index (χ1v) is 7.69. The number of nitrogens with one attached hydrogen (secondary N) is 1. The first kappa shape index (κ1) is 17.0. The van der Waals surface area contributed by atoms with Gasteiger partial charge in [0.05, 0.1) is 12.0 Å². The molecule has 0 aliphatic carbocycles. The van der Waals surface area contributed by atoms with Gasteiger partial charge in [0.1, 0.15) is 6.04 Å². The van der Waals surface area contributed by atoms with Gasteiger partial charge in [-0.25, -0.2) is 0 Å². The average Bonchev–Trinajstić information content (AvgIpc) is 3.04. The molecule has 1 aromatic heterocycles. The minimum Gasteiger partial charge on any atom is -0.337 e. The summed E-state index contributed by atoms with van der Waals surface area (Å²) >= 11 is 1.34. The lowest BCUT2D eigenvalue weighted by Crippen LogP contribution is -2.32. The molecule has 3 nitrogen and oxygen atoms in total. The molecule has 120 valence electrons. The van der Waals surface area contributed by atoms with E-state index in [2.05, 4.69) is 5.32 Å². The van der Waals surface area contributed by atoms with E-state index in [-0.39, 0.29) is 5.56 Å². The Hall–Kier alpha value is -2.33. The van der Waals surface area contributed by atoms with Gasteiger partial charge in [0.15, 0.2) is 0 Å². The number of carbonyl (C=O) groups is 1. The lowest BCUT2D eigenvalue weighted by molar-refractivity contribution is -0.157. The van der Waals surface area contributed by atoms with Gasteiger partial charge in [-0.1, -0.05) is 30.3 Å². The van der Waals surface area contributed by atoms with Crippen LogP contribution in [-0.2, 0) is 4.79 Å². The molecule has 7 heteroatoms. The van der Waals surface area contributed by atoms with Crippen molar-refractivity contribution in [3.05, 3.63) is 58.3 Å². The molecule has 2 rings (SSSR count). The van der Waals surface area contributed by atoms with Gasteiger partial charge in [-0.2, -0.15) is 29.8 Å². The van der Waals surface area contributed by atoms with Gasteiger partial charge in [-0.15, -0.1) is 0 Å². The SMILES string of the molecule is N#C[C@@H](NC(=O)C[C@H](c1ccccc1)C(F)(F)F)c1ccsc1. The zero-order valence-electron chi connectivity index (χ0n) is 11.9. The molecule has 0 unspecified atom stereocenters. The summed E-state index contributed by atoms with van der Waals surface area (Å²) in [6, 6.07) is 9.86. The van der Waals surface area contributed by atoms with Crippen LogP contribution >= 0.6 is 11.3 Å². The molecular weight excluding hydrogens is 325 g/mol. The number of carbonyl (C=O) groups excluding carboxylic acids is 1. The largest absolute Gasteiger partial charge is 0.396 e. The third kappa shape index (κ3) is 4.57. The Balaban J connectivity index is 2.11. The predicted molar refractivity (Wildman–Crippen MR) is 80.7 cm³/mol. The van der Waals surface area contributed by atoms with Gasteiger partial charge in [-0.05, 0) is 28.0 Å². The second-order valence-electron chi connectivity index (χ2n) is 4.90. The molecule has 0 fully saturated rings. The zero-order chi connectivity index (χ0) is 16.9. The first-order valence-electron chi connectivity index (χ1n) is 6.74. The second kappa shape index (κ2) is 7.29. The molecule has 0 radical (unpaired) electrons. The van der Waals surface area contributed by atoms with E-state index in [0.717, 1.165) is 0 Å². The number of thiophene rings is 1. The molecule has 23 heavy (non-hydrogen) atoms. The Labute approximate surface area is 135 Å². The van der Waals surface area contributed by atoms with Crippen molar-refractivity contribution in [2.45, 2.75) is 24.6 Å². The summed E-state index contributed by atoms with van der Waals surface area (Å²) in [5.41, 5.74) is 0.591. The van der Waals surface area contributed by atoms with Gasteiger partial charge in [0.2, 0.25) is 5.91 Å². The number of halogens is 3. The topological polar surface area (TPSA) is 52.9 Å². The summed E-state index contributed by atoms with van der Waals surface area (Å²) in [5.74, 6) is -2.71. The third-order valence-corrected chi connectivity index (χ3v) is 4.00. The van der Waals surface area contributed by atoms with Crippen LogP contribution in [0, 0.1) is 11.3 Å². The standard InChI is InChI=1S/C16H13F3N2OS/c17-16(18,19)13(11-4-2-1-3-5-11)8-15(22)21-14(9-20)12-6-7-23-10-12/h1-7,10,13-14H,8H2,(H,21,22)/t13-,14-/m1/s1. The normalized spacial score (nSPS) is 13.8. The lowest BCUT2D eigenvalue weighted by Gasteiger charge is -2.21. The number of nitriles is 1. The van der Waals surface area contributed by atoms with Crippen LogP contribution in [0.15, 0.2) is 47.2 Å². The average molecular weight is 338 g/mol. The van der Waals surface area contributed by atoms with E-state index < -0.39 is 30.5 Å². The van der Waals surface area contributed by atoms with Crippen molar-refractivity contribution in [1.29, 1.82) is 5.26 Å². The van der Waals surface area contributed by atoms with Crippen molar-refractivity contribution in [2.75, 3.05) is 0 Å². The number of benzene rings is 1. The van der Waals surface area contributed by atoms with E-state index in [0.29, 0.717) is 5.56 Å². The van der Waals surface area contributed by atoms with Gasteiger partial charge in [0, 0.05) is 6.42 Å². The highest BCUT2D eigenvalue weighted by Crippen LogP contribution is 2.37. The van der Waals surface area contributed by atoms with E-state index in [1.807, 2.05) is 6.07 Å². The molecule has 0 saturated heterocycles. The van der Waals surface area contributed by atoms with E-state index in [9.17, 15) is 18.0 Å². The molecule has 1 heterocycles. The molecule has 0 aliphatic heterocycles. The minimum atomic E-state index is -4.54. The molecule has 1 aromatic carbocycles. The number of rotatable bonds is 5. The van der Waals surface area contributed by atoms with Gasteiger partial charge in [0.25, 0.3) is 0 Å². The molecule has 0 bridgehead atoms. The maximum absolute atomic E-state index is 13.2. The van der Waals surface area contributed by atoms with E-state index >= 15 is 0 Å². The Morgan fingerprint density at radius 2 is 1.91 bits per heavy atom. The fourth-order valence-electron chi connectivity index (χ4n) is 2.14. The van der Waals surface area contributed by atoms with Crippen LogP contribution in [0.5, 0.6) is 0 Å². The van der Waals surface area contributed by atoms with Crippen LogP contribution in [-0.4, -0.2) is 12.1 Å². The molecule has 1 N–H and O–H groups in total. The van der Waals surface area contributed by atoms with Gasteiger partial charge >= 0.3 is 6.18 Å². The highest BCUT2D eigenvalue weighted by atomic mass is 32.1. The number of nitrogens with zero attached hydrogens (tertiary/aromatic N) is 1. The maximum Gasteiger partial charge on any atom is 0.396 e. The quantitative estimate of drug-likeness (QED) is 0.890. The number of hydrogen-bond acceptors (Lipinski definition) is 3. The summed E-state index contributed by atoms with van der Waals surface area (Å²) in [5, 5.41) is 14.8. The van der Waals surface area contributed by atoms with Crippen LogP contribution in [0.3, 0.4) is 0 Å². The molecule has 0 spiro atoms. The maximum atomic E-state index is 13.2. The summed E-state index contributed by atoms with van der Waals surface area (Å²) < 4.78 is 39.6. The number of amides is 1. The molecule has 2 aromatic rings. The second-order valence-corrected chi connectivity index (χ2v) is 5.68. The Morgan fingerprint density at radius 3 is 2.43 bits per heavy atom. The Bertz CT molecular complexity index is 678. The Morgan fingerprint density at radius 1 is 1.22 bits per heavy atom. The molecule has 0 saturated carbocycles. The van der Waals surface area contributed by atoms with Crippen molar-refractivity contribution in [2.24, 2.45) is 0 Å². The molecular formula is C16H13F3N2OS. The van der Waals surface area contributed by atoms with Crippen molar-refractivity contribution in [1.82, 2.24) is 5.32 Å². The number of alkyl halides is 3. The highest BCUT2D eigenvalue weighted by molar-refractivity contribution is 7.08. The van der Waals surface area contributed by atoms with Crippen LogP contribution in [0.25, 0.3) is 0 Å². The molecule has 2 atom stereocenters. The summed E-state index contributed by atoms with van der Waals surface area (Å²) in [4.78, 5) is 12.0. The van der Waals surface area contributed by atoms with Crippen molar-refractivity contribution < 1.29 is 18.0 Å². The zero-order valence-corrected chi connectivity index (χ0v) is 12.7. The summed E-state index contributed by atoms with van der Waals surface area (Å²) in [7, 11) is 0. The van der Waals surface area contributed by atoms with Crippen LogP contribution in [0.4, 0.5) is 13.2 Å². The van der Waals surface area contributed by atoms with E-state index in [1.54, 1.807) is 22.9 Å². The molecule has 1 amide bonds. The van der Waals surface area contributed by atoms with Gasteiger partial charge in [-0.3, -0.25) is 4.79 Å². The fraction of sp³-hybridized carbons (Fsp3) is 0.250. The van der Waals surface area contributed by atoms with Crippen LogP contribution in [0.1, 0.15) is 29.5 Å². The summed E-state index contributed by atoms with van der Waals surface area (Å²) in [6.45, 7) is 0. The van der Waals surface area contributed by atoms with Crippen molar-refractivity contribution >= 4 is 17.2 Å². The first-order chi connectivity index (χ1) is 10.9. The van der Waals surface area contributed by atoms with E-state index in [1.165, 1.54) is 35.6 Å². The summed E-state index contributed by atoms with van der Waals surface area (Å²) in [6.07, 6.45) is -5.29. The predicted octanol–water partition coefficient (Wildman–Crippen LogP) is 4.17. The third-order valence-electron chi connectivity index (χ3n) is 3.30. The minimum absolute atomic E-state index is 0.0270.